The van der Waals surface area contributed by atoms with Gasteiger partial charge in [0.05, 0.1) is 58.4 Å². The van der Waals surface area contributed by atoms with E-state index in [4.69, 9.17) is 28.4 Å². The number of unbranched alkanes of at least 4 members (excludes halogenated alkanes) is 2. The van der Waals surface area contributed by atoms with Crippen molar-refractivity contribution in [3.8, 4) is 22.6 Å². The predicted molar refractivity (Wildman–Crippen MR) is 157 cm³/mol. The minimum atomic E-state index is -0.531. The molecule has 1 atom stereocenters. The summed E-state index contributed by atoms with van der Waals surface area (Å²) < 4.78 is 33.5. The smallest absolute Gasteiger partial charge is 0.197 e. The first-order valence-corrected chi connectivity index (χ1v) is 14.0. The van der Waals surface area contributed by atoms with Crippen LogP contribution in [-0.2, 0) is 30.1 Å². The molecule has 0 aromatic heterocycles. The Morgan fingerprint density at radius 3 is 2.15 bits per heavy atom. The summed E-state index contributed by atoms with van der Waals surface area (Å²) in [5.74, 6) is 0.802. The third-order valence-electron chi connectivity index (χ3n) is 6.16. The molecule has 7 nitrogen and oxygen atoms in total. The van der Waals surface area contributed by atoms with E-state index in [1.165, 1.54) is 0 Å². The molecule has 2 aromatic rings. The van der Waals surface area contributed by atoms with E-state index in [0.29, 0.717) is 64.2 Å². The highest BCUT2D eigenvalue weighted by molar-refractivity contribution is 5.86. The number of hydrogen-bond acceptors (Lipinski definition) is 7. The molecule has 0 fully saturated rings. The molecule has 1 unspecified atom stereocenters. The molecule has 0 bridgehead atoms. The first-order chi connectivity index (χ1) is 18.9. The minimum Gasteiger partial charge on any atom is -0.507 e. The van der Waals surface area contributed by atoms with Crippen molar-refractivity contribution in [1.82, 2.24) is 0 Å². The molecule has 2 aromatic carbocycles. The van der Waals surface area contributed by atoms with E-state index in [9.17, 15) is 5.11 Å². The number of benzene rings is 2. The van der Waals surface area contributed by atoms with Crippen molar-refractivity contribution in [3.63, 3.8) is 0 Å². The molecule has 0 amide bonds. The molecular weight excluding hydrogens is 496 g/mol. The van der Waals surface area contributed by atoms with Gasteiger partial charge in [-0.25, -0.2) is 0 Å². The van der Waals surface area contributed by atoms with Crippen molar-refractivity contribution in [1.29, 1.82) is 0 Å². The highest BCUT2D eigenvalue weighted by Gasteiger charge is 2.19. The summed E-state index contributed by atoms with van der Waals surface area (Å²) in [5.41, 5.74) is 5.60. The van der Waals surface area contributed by atoms with E-state index >= 15 is 0 Å². The molecule has 0 radical (unpaired) electrons. The zero-order chi connectivity index (χ0) is 28.5. The maximum atomic E-state index is 11.2. The first-order valence-electron chi connectivity index (χ1n) is 14.0. The second kappa shape index (κ2) is 18.8. The molecule has 0 aliphatic heterocycles. The molecule has 0 aliphatic rings. The second-order valence-corrected chi connectivity index (χ2v) is 9.66. The third kappa shape index (κ3) is 12.1. The fourth-order valence-electron chi connectivity index (χ4n) is 4.15. The molecule has 218 valence electrons. The van der Waals surface area contributed by atoms with Crippen LogP contribution in [0.25, 0.3) is 16.7 Å². The first kappa shape index (κ1) is 32.8. The summed E-state index contributed by atoms with van der Waals surface area (Å²) in [7, 11) is 1.65. The molecule has 1 N–H and O–H groups in total. The van der Waals surface area contributed by atoms with Crippen molar-refractivity contribution in [2.75, 3.05) is 60.0 Å². The van der Waals surface area contributed by atoms with Gasteiger partial charge in [-0.2, -0.15) is 0 Å². The summed E-state index contributed by atoms with van der Waals surface area (Å²) in [6.07, 6.45) is 3.69. The van der Waals surface area contributed by atoms with Crippen LogP contribution in [0.4, 0.5) is 0 Å². The number of methoxy groups -OCH3 is 1. The Balaban J connectivity index is 1.98. The Morgan fingerprint density at radius 2 is 1.54 bits per heavy atom. The predicted octanol–water partition coefficient (Wildman–Crippen LogP) is 6.57. The van der Waals surface area contributed by atoms with Crippen LogP contribution >= 0.6 is 0 Å². The number of allylic oxidation sites excluding steroid dienone is 1. The lowest BCUT2D eigenvalue weighted by Gasteiger charge is -2.21. The lowest BCUT2D eigenvalue weighted by molar-refractivity contribution is -0.0865. The molecule has 0 saturated heterocycles. The van der Waals surface area contributed by atoms with Crippen LogP contribution in [0.2, 0.25) is 0 Å². The highest BCUT2D eigenvalue weighted by Crippen LogP contribution is 2.43. The number of phenolic OH excluding ortho intramolecular Hbond substituents is 1. The Labute approximate surface area is 235 Å². The molecule has 2 rings (SSSR count). The molecule has 0 heterocycles. The van der Waals surface area contributed by atoms with Crippen molar-refractivity contribution in [3.05, 3.63) is 53.6 Å². The number of aryl methyl sites for hydroxylation is 2. The van der Waals surface area contributed by atoms with Crippen molar-refractivity contribution >= 4 is 5.57 Å². The van der Waals surface area contributed by atoms with Crippen molar-refractivity contribution < 1.29 is 33.5 Å². The Hall–Kier alpha value is -2.42. The fraction of sp³-hybridized carbons (Fsp3) is 0.562. The van der Waals surface area contributed by atoms with Crippen LogP contribution in [0, 0.1) is 6.92 Å². The van der Waals surface area contributed by atoms with Gasteiger partial charge >= 0.3 is 0 Å². The topological polar surface area (TPSA) is 75.6 Å². The van der Waals surface area contributed by atoms with Crippen LogP contribution in [0.5, 0.6) is 11.5 Å². The van der Waals surface area contributed by atoms with E-state index in [1.54, 1.807) is 7.11 Å². The second-order valence-electron chi connectivity index (χ2n) is 9.66. The maximum Gasteiger partial charge on any atom is 0.197 e. The highest BCUT2D eigenvalue weighted by atomic mass is 16.7. The maximum absolute atomic E-state index is 11.2. The van der Waals surface area contributed by atoms with Gasteiger partial charge in [-0.1, -0.05) is 55.7 Å². The molecule has 0 aliphatic carbocycles. The summed E-state index contributed by atoms with van der Waals surface area (Å²) in [6.45, 7) is 16.2. The number of rotatable bonds is 21. The van der Waals surface area contributed by atoms with Crippen LogP contribution in [0.3, 0.4) is 0 Å². The van der Waals surface area contributed by atoms with E-state index in [-0.39, 0.29) is 5.75 Å². The molecule has 0 spiro atoms. The minimum absolute atomic E-state index is 0.201. The van der Waals surface area contributed by atoms with Gasteiger partial charge in [0, 0.05) is 7.11 Å². The number of ether oxygens (including phenoxy) is 6. The van der Waals surface area contributed by atoms with Crippen molar-refractivity contribution in [2.45, 2.75) is 59.7 Å². The largest absolute Gasteiger partial charge is 0.507 e. The van der Waals surface area contributed by atoms with Crippen LogP contribution in [-0.4, -0.2) is 71.4 Å². The summed E-state index contributed by atoms with van der Waals surface area (Å²) in [6, 6.07) is 10.0. The lowest BCUT2D eigenvalue weighted by Crippen LogP contribution is -2.20. The molecule has 7 heteroatoms. The molecular formula is C32H48O7. The lowest BCUT2D eigenvalue weighted by atomic mass is 9.91. The summed E-state index contributed by atoms with van der Waals surface area (Å²) >= 11 is 0. The third-order valence-corrected chi connectivity index (χ3v) is 6.16. The van der Waals surface area contributed by atoms with Crippen LogP contribution in [0.1, 0.15) is 56.7 Å². The van der Waals surface area contributed by atoms with E-state index in [1.807, 2.05) is 39.0 Å². The summed E-state index contributed by atoms with van der Waals surface area (Å²) in [5, 5.41) is 11.2. The van der Waals surface area contributed by atoms with Crippen molar-refractivity contribution in [2.24, 2.45) is 0 Å². The van der Waals surface area contributed by atoms with E-state index < -0.39 is 6.29 Å². The van der Waals surface area contributed by atoms with Gasteiger partial charge in [-0.15, -0.1) is 0 Å². The fourth-order valence-corrected chi connectivity index (χ4v) is 4.15. The molecule has 39 heavy (non-hydrogen) atoms. The quantitative estimate of drug-likeness (QED) is 0.141. The van der Waals surface area contributed by atoms with E-state index in [2.05, 4.69) is 25.6 Å². The van der Waals surface area contributed by atoms with Gasteiger partial charge in [-0.3, -0.25) is 0 Å². The summed E-state index contributed by atoms with van der Waals surface area (Å²) in [4.78, 5) is 0. The van der Waals surface area contributed by atoms with Gasteiger partial charge in [0.1, 0.15) is 11.5 Å². The average Bonchev–Trinajstić information content (AvgIpc) is 2.89. The van der Waals surface area contributed by atoms with Gasteiger partial charge in [-0.05, 0) is 62.4 Å². The van der Waals surface area contributed by atoms with Gasteiger partial charge in [0.15, 0.2) is 6.29 Å². The Kier molecular flexibility index (Phi) is 15.8. The van der Waals surface area contributed by atoms with E-state index in [0.717, 1.165) is 53.5 Å². The normalized spacial score (nSPS) is 12.0. The zero-order valence-electron chi connectivity index (χ0n) is 24.6. The van der Waals surface area contributed by atoms with Crippen LogP contribution in [0.15, 0.2) is 36.9 Å². The SMILES string of the molecule is C=C(C)c1ccc(C)cc1-c1c(O)cc(CCCCC)cc1OC(C)OCCOCCOCCOCCOC. The monoisotopic (exact) mass is 544 g/mol. The Bertz CT molecular complexity index is 989. The number of aromatic hydroxyl groups is 1. The average molecular weight is 545 g/mol. The number of phenols is 1. The Morgan fingerprint density at radius 1 is 0.897 bits per heavy atom. The van der Waals surface area contributed by atoms with Gasteiger partial charge < -0.3 is 33.5 Å². The standard InChI is InChI=1S/C32H48O7/c1-7-8-9-10-27-22-30(33)32(29-21-25(4)11-12-28(29)24(2)3)31(23-27)39-26(5)38-20-19-37-18-17-36-16-15-35-14-13-34-6/h11-12,21-23,26,33H,2,7-10,13-20H2,1,3-6H3. The molecule has 0 saturated carbocycles. The number of hydrogen-bond donors (Lipinski definition) is 1. The zero-order valence-corrected chi connectivity index (χ0v) is 24.6. The van der Waals surface area contributed by atoms with Crippen LogP contribution < -0.4 is 4.74 Å². The van der Waals surface area contributed by atoms with Gasteiger partial charge in [0.2, 0.25) is 0 Å². The van der Waals surface area contributed by atoms with Gasteiger partial charge in [0.25, 0.3) is 0 Å².